The van der Waals surface area contributed by atoms with E-state index in [0.29, 0.717) is 24.6 Å². The van der Waals surface area contributed by atoms with Crippen LogP contribution in [-0.2, 0) is 10.2 Å². The molecule has 1 N–H and O–H groups in total. The molecular formula is C22H21FN4O2. The van der Waals surface area contributed by atoms with Crippen molar-refractivity contribution in [2.75, 3.05) is 11.9 Å². The molecule has 148 valence electrons. The van der Waals surface area contributed by atoms with E-state index in [4.69, 9.17) is 4.74 Å². The minimum absolute atomic E-state index is 0.201. The lowest BCUT2D eigenvalue weighted by Gasteiger charge is -2.19. The lowest BCUT2D eigenvalue weighted by Crippen LogP contribution is -2.27. The van der Waals surface area contributed by atoms with Crippen LogP contribution < -0.4 is 10.1 Å². The molecule has 4 rings (SSSR count). The lowest BCUT2D eigenvalue weighted by atomic mass is 9.93. The molecule has 1 amide bonds. The largest absolute Gasteiger partial charge is 0.489 e. The predicted molar refractivity (Wildman–Crippen MR) is 106 cm³/mol. The number of aromatic nitrogens is 3. The van der Waals surface area contributed by atoms with E-state index in [9.17, 15) is 9.18 Å². The number of nitrogens with one attached hydrogen (secondary N) is 1. The second-order valence-electron chi connectivity index (χ2n) is 7.27. The number of ether oxygens (including phenoxy) is 1. The third-order valence-corrected chi connectivity index (χ3v) is 5.25. The molecule has 1 saturated carbocycles. The molecule has 1 aliphatic carbocycles. The number of carbonyl (C=O) groups is 1. The molecule has 6 nitrogen and oxygen atoms in total. The van der Waals surface area contributed by atoms with E-state index in [1.165, 1.54) is 12.1 Å². The first kappa shape index (κ1) is 19.0. The molecule has 0 spiro atoms. The van der Waals surface area contributed by atoms with E-state index >= 15 is 0 Å². The molecule has 0 saturated heterocycles. The fraction of sp³-hybridized carbons (Fsp3) is 0.273. The molecule has 1 fully saturated rings. The monoisotopic (exact) mass is 392 g/mol. The van der Waals surface area contributed by atoms with Crippen LogP contribution in [0.2, 0.25) is 0 Å². The highest BCUT2D eigenvalue weighted by molar-refractivity contribution is 5.95. The standard InChI is InChI=1S/C22H21FN4O2/c1-14-18(12-24-15(2)25-14)29-13-22(16-7-4-3-5-8-16)11-17(22)21(28)27-20-10-6-9-19(23)26-20/h3-10,12,17H,11,13H2,1-2H3,(H,26,27,28)/t17-,22+/m0/s1. The number of nitrogens with zero attached hydrogens (tertiary/aromatic N) is 3. The number of hydrogen-bond donors (Lipinski definition) is 1. The van der Waals surface area contributed by atoms with Crippen molar-refractivity contribution in [2.45, 2.75) is 25.7 Å². The highest BCUT2D eigenvalue weighted by Gasteiger charge is 2.60. The normalized spacial score (nSPS) is 20.2. The quantitative estimate of drug-likeness (QED) is 0.649. The topological polar surface area (TPSA) is 77.0 Å². The van der Waals surface area contributed by atoms with Gasteiger partial charge in [-0.25, -0.2) is 15.0 Å². The second kappa shape index (κ2) is 7.58. The van der Waals surface area contributed by atoms with E-state index in [1.807, 2.05) is 44.2 Å². The van der Waals surface area contributed by atoms with E-state index in [2.05, 4.69) is 20.3 Å². The van der Waals surface area contributed by atoms with Gasteiger partial charge in [-0.15, -0.1) is 0 Å². The summed E-state index contributed by atoms with van der Waals surface area (Å²) in [6, 6.07) is 14.1. The summed E-state index contributed by atoms with van der Waals surface area (Å²) in [6.07, 6.45) is 2.29. The number of rotatable bonds is 6. The molecule has 29 heavy (non-hydrogen) atoms. The number of carbonyl (C=O) groups excluding carboxylic acids is 1. The maximum atomic E-state index is 13.3. The molecule has 2 heterocycles. The van der Waals surface area contributed by atoms with Gasteiger partial charge in [-0.1, -0.05) is 36.4 Å². The van der Waals surface area contributed by atoms with Crippen molar-refractivity contribution in [3.05, 3.63) is 77.8 Å². The Balaban J connectivity index is 1.54. The van der Waals surface area contributed by atoms with Crippen LogP contribution in [0.3, 0.4) is 0 Å². The van der Waals surface area contributed by atoms with E-state index < -0.39 is 11.4 Å². The first-order valence-electron chi connectivity index (χ1n) is 9.40. The molecule has 0 radical (unpaired) electrons. The number of anilines is 1. The first-order valence-corrected chi connectivity index (χ1v) is 9.40. The number of amides is 1. The third kappa shape index (κ3) is 3.94. The Labute approximate surface area is 168 Å². The van der Waals surface area contributed by atoms with Gasteiger partial charge >= 0.3 is 0 Å². The van der Waals surface area contributed by atoms with E-state index in [-0.39, 0.29) is 17.6 Å². The highest BCUT2D eigenvalue weighted by atomic mass is 19.1. The first-order chi connectivity index (χ1) is 14.0. The van der Waals surface area contributed by atoms with Crippen LogP contribution in [0.25, 0.3) is 0 Å². The van der Waals surface area contributed by atoms with Gasteiger partial charge in [0, 0.05) is 5.41 Å². The van der Waals surface area contributed by atoms with Gasteiger partial charge in [-0.05, 0) is 38.0 Å². The Bertz CT molecular complexity index is 1040. The number of halogens is 1. The van der Waals surface area contributed by atoms with Gasteiger partial charge in [0.05, 0.1) is 24.4 Å². The van der Waals surface area contributed by atoms with Crippen LogP contribution in [0.5, 0.6) is 5.75 Å². The van der Waals surface area contributed by atoms with Crippen molar-refractivity contribution < 1.29 is 13.9 Å². The Kier molecular flexibility index (Phi) is 4.96. The fourth-order valence-corrected chi connectivity index (χ4v) is 3.59. The van der Waals surface area contributed by atoms with Gasteiger partial charge in [0.2, 0.25) is 11.9 Å². The van der Waals surface area contributed by atoms with Crippen molar-refractivity contribution in [1.29, 1.82) is 0 Å². The Morgan fingerprint density at radius 3 is 2.69 bits per heavy atom. The Morgan fingerprint density at radius 2 is 1.97 bits per heavy atom. The van der Waals surface area contributed by atoms with E-state index in [0.717, 1.165) is 11.3 Å². The summed E-state index contributed by atoms with van der Waals surface area (Å²) in [5, 5.41) is 2.72. The van der Waals surface area contributed by atoms with Gasteiger partial charge < -0.3 is 10.1 Å². The molecule has 0 unspecified atom stereocenters. The Morgan fingerprint density at radius 1 is 1.17 bits per heavy atom. The number of aryl methyl sites for hydroxylation is 2. The number of hydrogen-bond acceptors (Lipinski definition) is 5. The maximum absolute atomic E-state index is 13.3. The maximum Gasteiger partial charge on any atom is 0.229 e. The van der Waals surface area contributed by atoms with E-state index in [1.54, 1.807) is 12.3 Å². The molecule has 0 bridgehead atoms. The summed E-state index contributed by atoms with van der Waals surface area (Å²) in [5.41, 5.74) is 1.32. The summed E-state index contributed by atoms with van der Waals surface area (Å²) >= 11 is 0. The minimum atomic E-state index is -0.633. The second-order valence-corrected chi connectivity index (χ2v) is 7.27. The van der Waals surface area contributed by atoms with Crippen LogP contribution in [-0.4, -0.2) is 27.5 Å². The van der Waals surface area contributed by atoms with Crippen LogP contribution in [0.4, 0.5) is 10.2 Å². The van der Waals surface area contributed by atoms with Crippen molar-refractivity contribution in [3.8, 4) is 5.75 Å². The fourth-order valence-electron chi connectivity index (χ4n) is 3.59. The highest BCUT2D eigenvalue weighted by Crippen LogP contribution is 2.55. The van der Waals surface area contributed by atoms with Gasteiger partial charge in [-0.3, -0.25) is 4.79 Å². The van der Waals surface area contributed by atoms with Crippen molar-refractivity contribution in [1.82, 2.24) is 15.0 Å². The third-order valence-electron chi connectivity index (χ3n) is 5.25. The van der Waals surface area contributed by atoms with Crippen molar-refractivity contribution in [2.24, 2.45) is 5.92 Å². The van der Waals surface area contributed by atoms with Crippen LogP contribution >= 0.6 is 0 Å². The zero-order valence-corrected chi connectivity index (χ0v) is 16.2. The van der Waals surface area contributed by atoms with Gasteiger partial charge in [0.25, 0.3) is 0 Å². The lowest BCUT2D eigenvalue weighted by molar-refractivity contribution is -0.117. The molecule has 2 aromatic heterocycles. The van der Waals surface area contributed by atoms with Crippen molar-refractivity contribution in [3.63, 3.8) is 0 Å². The molecule has 0 aliphatic heterocycles. The zero-order chi connectivity index (χ0) is 20.4. The predicted octanol–water partition coefficient (Wildman–Crippen LogP) is 3.60. The van der Waals surface area contributed by atoms with Gasteiger partial charge in [0.1, 0.15) is 11.6 Å². The summed E-state index contributed by atoms with van der Waals surface area (Å²) in [7, 11) is 0. The minimum Gasteiger partial charge on any atom is -0.489 e. The zero-order valence-electron chi connectivity index (χ0n) is 16.2. The molecular weight excluding hydrogens is 371 g/mol. The molecule has 1 aliphatic rings. The molecule has 3 aromatic rings. The molecule has 1 aromatic carbocycles. The SMILES string of the molecule is Cc1ncc(OC[C@@]2(c3ccccc3)C[C@H]2C(=O)Nc2cccc(F)n2)c(C)n1. The summed E-state index contributed by atoms with van der Waals surface area (Å²) in [5.74, 6) is 0.343. The number of pyridine rings is 1. The van der Waals surface area contributed by atoms with Crippen molar-refractivity contribution >= 4 is 11.7 Å². The summed E-state index contributed by atoms with van der Waals surface area (Å²) in [4.78, 5) is 25.1. The smallest absolute Gasteiger partial charge is 0.229 e. The Hall–Kier alpha value is -3.35. The molecule has 7 heteroatoms. The average molecular weight is 392 g/mol. The molecule has 2 atom stereocenters. The van der Waals surface area contributed by atoms with Gasteiger partial charge in [0.15, 0.2) is 5.75 Å². The van der Waals surface area contributed by atoms with Crippen LogP contribution in [0.15, 0.2) is 54.7 Å². The van der Waals surface area contributed by atoms with Crippen LogP contribution in [0.1, 0.15) is 23.5 Å². The van der Waals surface area contributed by atoms with Gasteiger partial charge in [-0.2, -0.15) is 4.39 Å². The van der Waals surface area contributed by atoms with Crippen LogP contribution in [0, 0.1) is 25.7 Å². The average Bonchev–Trinajstić information content (AvgIpc) is 3.44. The summed E-state index contributed by atoms with van der Waals surface area (Å²) in [6.45, 7) is 4.01. The number of benzene rings is 1. The summed E-state index contributed by atoms with van der Waals surface area (Å²) < 4.78 is 19.4.